The maximum absolute atomic E-state index is 11.3. The third-order valence-electron chi connectivity index (χ3n) is 1.41. The Morgan fingerprint density at radius 2 is 1.77 bits per heavy atom. The molecule has 0 aliphatic rings. The van der Waals surface area contributed by atoms with Crippen LogP contribution in [-0.4, -0.2) is 13.6 Å². The molecule has 0 aromatic heterocycles. The van der Waals surface area contributed by atoms with E-state index in [1.165, 1.54) is 12.1 Å². The van der Waals surface area contributed by atoms with Crippen molar-refractivity contribution in [1.29, 1.82) is 5.41 Å². The zero-order valence-electron chi connectivity index (χ0n) is 6.49. The van der Waals surface area contributed by atoms with Crippen molar-refractivity contribution in [2.75, 3.05) is 0 Å². The smallest absolute Gasteiger partial charge is 0.238 e. The van der Waals surface area contributed by atoms with Crippen molar-refractivity contribution in [2.45, 2.75) is 4.90 Å². The first-order valence-electron chi connectivity index (χ1n) is 3.29. The van der Waals surface area contributed by atoms with Crippen LogP contribution in [0.15, 0.2) is 33.6 Å². The van der Waals surface area contributed by atoms with Crippen molar-refractivity contribution >= 4 is 30.9 Å². The molecule has 0 heterocycles. The lowest BCUT2D eigenvalue weighted by atomic mass is 10.4. The highest BCUT2D eigenvalue weighted by molar-refractivity contribution is 9.10. The minimum absolute atomic E-state index is 0.0307. The molecule has 1 rings (SSSR count). The average Bonchev–Trinajstić information content (AvgIpc) is 2.04. The van der Waals surface area contributed by atoms with Gasteiger partial charge in [0.25, 0.3) is 0 Å². The Bertz CT molecular complexity index is 424. The van der Waals surface area contributed by atoms with Gasteiger partial charge in [-0.1, -0.05) is 15.9 Å². The highest BCUT2D eigenvalue weighted by Gasteiger charge is 2.17. The fraction of sp³-hybridized carbons (Fsp3) is 0. The Kier molecular flexibility index (Phi) is 2.72. The summed E-state index contributed by atoms with van der Waals surface area (Å²) in [6.45, 7) is 0. The molecule has 0 saturated carbocycles. The van der Waals surface area contributed by atoms with Crippen molar-refractivity contribution in [3.63, 3.8) is 0 Å². The minimum atomic E-state index is -3.75. The van der Waals surface area contributed by atoms with Gasteiger partial charge in [-0.25, -0.2) is 8.42 Å². The summed E-state index contributed by atoms with van der Waals surface area (Å²) < 4.78 is 23.3. The zero-order valence-corrected chi connectivity index (χ0v) is 8.89. The van der Waals surface area contributed by atoms with E-state index in [9.17, 15) is 8.42 Å². The van der Waals surface area contributed by atoms with Gasteiger partial charge in [-0.15, -0.1) is 0 Å². The largest absolute Gasteiger partial charge is 0.374 e. The molecule has 70 valence electrons. The van der Waals surface area contributed by atoms with Crippen molar-refractivity contribution in [2.24, 2.45) is 5.73 Å². The third kappa shape index (κ3) is 2.07. The lowest BCUT2D eigenvalue weighted by molar-refractivity contribution is 0.606. The molecular formula is C7H7BrN2O2S. The molecule has 0 atom stereocenters. The molecular weight excluding hydrogens is 256 g/mol. The van der Waals surface area contributed by atoms with Gasteiger partial charge in [0, 0.05) is 4.47 Å². The van der Waals surface area contributed by atoms with Gasteiger partial charge >= 0.3 is 0 Å². The second-order valence-electron chi connectivity index (χ2n) is 2.32. The predicted octanol–water partition coefficient (Wildman–Crippen LogP) is 1.12. The van der Waals surface area contributed by atoms with Gasteiger partial charge in [0.2, 0.25) is 15.0 Å². The molecule has 13 heavy (non-hydrogen) atoms. The summed E-state index contributed by atoms with van der Waals surface area (Å²) in [5.41, 5.74) is 4.92. The molecule has 4 nitrogen and oxygen atoms in total. The van der Waals surface area contributed by atoms with Gasteiger partial charge in [-0.2, -0.15) is 0 Å². The SMILES string of the molecule is N=C(N)S(=O)(=O)c1ccc(Br)cc1. The highest BCUT2D eigenvalue weighted by atomic mass is 79.9. The molecule has 0 radical (unpaired) electrons. The van der Waals surface area contributed by atoms with E-state index in [4.69, 9.17) is 11.1 Å². The number of benzene rings is 1. The number of hydrogen-bond acceptors (Lipinski definition) is 3. The van der Waals surface area contributed by atoms with Crippen molar-refractivity contribution in [3.8, 4) is 0 Å². The van der Waals surface area contributed by atoms with E-state index in [0.717, 1.165) is 4.47 Å². The van der Waals surface area contributed by atoms with Gasteiger partial charge in [0.05, 0.1) is 4.90 Å². The molecule has 0 unspecified atom stereocenters. The summed E-state index contributed by atoms with van der Waals surface area (Å²) in [5, 5.41) is 6.03. The Hall–Kier alpha value is -0.880. The summed E-state index contributed by atoms with van der Waals surface area (Å²) in [6, 6.07) is 5.94. The Morgan fingerprint density at radius 1 is 1.31 bits per heavy atom. The minimum Gasteiger partial charge on any atom is -0.374 e. The normalized spacial score (nSPS) is 11.2. The summed E-state index contributed by atoms with van der Waals surface area (Å²) in [4.78, 5) is 0.0307. The van der Waals surface area contributed by atoms with Crippen LogP contribution in [0.2, 0.25) is 0 Å². The Balaban J connectivity index is 3.25. The average molecular weight is 263 g/mol. The van der Waals surface area contributed by atoms with Crippen LogP contribution in [0.3, 0.4) is 0 Å². The standard InChI is InChI=1S/C7H7BrN2O2S/c8-5-1-3-6(4-2-5)13(11,12)7(9)10/h1-4H,(H3,9,10). The van der Waals surface area contributed by atoms with Crippen molar-refractivity contribution in [1.82, 2.24) is 0 Å². The van der Waals surface area contributed by atoms with E-state index in [-0.39, 0.29) is 4.90 Å². The van der Waals surface area contributed by atoms with Gasteiger partial charge in [0.1, 0.15) is 0 Å². The van der Waals surface area contributed by atoms with Gasteiger partial charge in [0.15, 0.2) is 0 Å². The molecule has 0 saturated heterocycles. The molecule has 0 fully saturated rings. The van der Waals surface area contributed by atoms with E-state index < -0.39 is 15.0 Å². The topological polar surface area (TPSA) is 84.0 Å². The first-order valence-corrected chi connectivity index (χ1v) is 5.57. The van der Waals surface area contributed by atoms with Crippen LogP contribution in [0.25, 0.3) is 0 Å². The maximum atomic E-state index is 11.3. The van der Waals surface area contributed by atoms with Crippen LogP contribution in [0.4, 0.5) is 0 Å². The summed E-state index contributed by atoms with van der Waals surface area (Å²) in [7, 11) is -3.75. The van der Waals surface area contributed by atoms with Crippen LogP contribution in [0, 0.1) is 5.41 Å². The number of amidine groups is 1. The molecule has 3 N–H and O–H groups in total. The van der Waals surface area contributed by atoms with Crippen LogP contribution < -0.4 is 5.73 Å². The van der Waals surface area contributed by atoms with Crippen molar-refractivity contribution in [3.05, 3.63) is 28.7 Å². The number of sulfone groups is 1. The second-order valence-corrected chi connectivity index (χ2v) is 5.16. The Labute approximate surface area is 84.3 Å². The number of nitrogens with two attached hydrogens (primary N) is 1. The van der Waals surface area contributed by atoms with E-state index in [1.54, 1.807) is 12.1 Å². The van der Waals surface area contributed by atoms with E-state index in [0.29, 0.717) is 0 Å². The number of nitrogens with one attached hydrogen (secondary N) is 1. The monoisotopic (exact) mass is 262 g/mol. The first kappa shape index (κ1) is 10.2. The second kappa shape index (κ2) is 3.47. The summed E-state index contributed by atoms with van der Waals surface area (Å²) in [6.07, 6.45) is 0. The third-order valence-corrected chi connectivity index (χ3v) is 3.41. The number of halogens is 1. The van der Waals surface area contributed by atoms with E-state index >= 15 is 0 Å². The number of rotatable bonds is 1. The molecule has 0 aliphatic carbocycles. The molecule has 1 aromatic carbocycles. The maximum Gasteiger partial charge on any atom is 0.238 e. The molecule has 0 aliphatic heterocycles. The van der Waals surface area contributed by atoms with Crippen LogP contribution >= 0.6 is 15.9 Å². The van der Waals surface area contributed by atoms with Crippen LogP contribution in [0.1, 0.15) is 0 Å². The van der Waals surface area contributed by atoms with Gasteiger partial charge in [-0.3, -0.25) is 5.41 Å². The lowest BCUT2D eigenvalue weighted by Crippen LogP contribution is -2.22. The fourth-order valence-corrected chi connectivity index (χ4v) is 1.75. The predicted molar refractivity (Wildman–Crippen MR) is 53.2 cm³/mol. The molecule has 6 heteroatoms. The van der Waals surface area contributed by atoms with Crippen LogP contribution in [0.5, 0.6) is 0 Å². The van der Waals surface area contributed by atoms with Gasteiger partial charge in [-0.05, 0) is 24.3 Å². The summed E-state index contributed by atoms with van der Waals surface area (Å²) >= 11 is 3.17. The van der Waals surface area contributed by atoms with Gasteiger partial charge < -0.3 is 5.73 Å². The summed E-state index contributed by atoms with van der Waals surface area (Å²) in [5.74, 6) is 0. The zero-order chi connectivity index (χ0) is 10.1. The van der Waals surface area contributed by atoms with E-state index in [2.05, 4.69) is 15.9 Å². The highest BCUT2D eigenvalue weighted by Crippen LogP contribution is 2.15. The fourth-order valence-electron chi connectivity index (χ4n) is 0.741. The van der Waals surface area contributed by atoms with Crippen molar-refractivity contribution < 1.29 is 8.42 Å². The lowest BCUT2D eigenvalue weighted by Gasteiger charge is -2.00. The molecule has 0 amide bonds. The van der Waals surface area contributed by atoms with Crippen LogP contribution in [-0.2, 0) is 9.84 Å². The first-order chi connectivity index (χ1) is 5.94. The van der Waals surface area contributed by atoms with E-state index in [1.807, 2.05) is 0 Å². The molecule has 0 bridgehead atoms. The quantitative estimate of drug-likeness (QED) is 0.588. The number of hydrogen-bond donors (Lipinski definition) is 2. The Morgan fingerprint density at radius 3 is 2.15 bits per heavy atom. The molecule has 1 aromatic rings. The molecule has 0 spiro atoms.